The van der Waals surface area contributed by atoms with Crippen molar-refractivity contribution in [3.8, 4) is 11.5 Å². The number of ether oxygens (including phenoxy) is 2. The van der Waals surface area contributed by atoms with Crippen LogP contribution in [-0.2, 0) is 21.2 Å². The minimum absolute atomic E-state index is 0.137. The van der Waals surface area contributed by atoms with Gasteiger partial charge in [-0.1, -0.05) is 12.1 Å². The van der Waals surface area contributed by atoms with Crippen LogP contribution in [0.3, 0.4) is 0 Å². The van der Waals surface area contributed by atoms with Crippen molar-refractivity contribution in [2.75, 3.05) is 18.9 Å². The van der Waals surface area contributed by atoms with Gasteiger partial charge in [0.2, 0.25) is 15.9 Å². The number of hydrogen-bond acceptors (Lipinski definition) is 5. The Hall–Kier alpha value is -1.80. The van der Waals surface area contributed by atoms with Crippen molar-refractivity contribution in [2.45, 2.75) is 32.3 Å². The van der Waals surface area contributed by atoms with E-state index in [-0.39, 0.29) is 18.0 Å². The van der Waals surface area contributed by atoms with Gasteiger partial charge in [0.15, 0.2) is 11.5 Å². The number of amides is 1. The molecule has 0 unspecified atom stereocenters. The second kappa shape index (κ2) is 6.76. The van der Waals surface area contributed by atoms with Crippen LogP contribution in [0.5, 0.6) is 11.5 Å². The number of nitrogens with one attached hydrogen (secondary N) is 1. The average molecular weight is 342 g/mol. The van der Waals surface area contributed by atoms with E-state index in [1.165, 1.54) is 0 Å². The number of hydrogen-bond donors (Lipinski definition) is 2. The molecule has 1 heterocycles. The molecule has 0 aromatic heterocycles. The van der Waals surface area contributed by atoms with Gasteiger partial charge in [-0.3, -0.25) is 4.79 Å². The van der Waals surface area contributed by atoms with Gasteiger partial charge < -0.3 is 15.2 Å². The number of carbonyl (C=O) groups is 1. The van der Waals surface area contributed by atoms with Crippen LogP contribution in [0, 0.1) is 0 Å². The van der Waals surface area contributed by atoms with Gasteiger partial charge in [0.25, 0.3) is 0 Å². The lowest BCUT2D eigenvalue weighted by molar-refractivity contribution is -0.116. The van der Waals surface area contributed by atoms with Gasteiger partial charge in [0, 0.05) is 12.0 Å². The lowest BCUT2D eigenvalue weighted by atomic mass is 10.0. The van der Waals surface area contributed by atoms with Crippen molar-refractivity contribution < 1.29 is 22.7 Å². The van der Waals surface area contributed by atoms with Crippen molar-refractivity contribution in [3.05, 3.63) is 23.8 Å². The molecule has 1 amide bonds. The molecule has 0 spiro atoms. The van der Waals surface area contributed by atoms with Gasteiger partial charge >= 0.3 is 0 Å². The summed E-state index contributed by atoms with van der Waals surface area (Å²) in [7, 11) is -3.52. The van der Waals surface area contributed by atoms with E-state index in [4.69, 9.17) is 15.2 Å². The first-order valence-electron chi connectivity index (χ1n) is 7.38. The number of carbonyl (C=O) groups excluding carboxylic acids is 1. The Morgan fingerprint density at radius 2 is 2.17 bits per heavy atom. The van der Waals surface area contributed by atoms with Gasteiger partial charge in [0.1, 0.15) is 5.60 Å². The smallest absolute Gasteiger partial charge is 0.232 e. The largest absolute Gasteiger partial charge is 0.490 e. The molecule has 1 aliphatic rings. The summed E-state index contributed by atoms with van der Waals surface area (Å²) in [6.07, 6.45) is 1.10. The highest BCUT2D eigenvalue weighted by molar-refractivity contribution is 7.89. The second-order valence-electron chi connectivity index (χ2n) is 6.09. The zero-order chi connectivity index (χ0) is 17.1. The molecule has 23 heavy (non-hydrogen) atoms. The Bertz CT molecular complexity index is 685. The number of fused-ring (bicyclic) bond motifs is 1. The quantitative estimate of drug-likeness (QED) is 0.672. The zero-order valence-corrected chi connectivity index (χ0v) is 14.1. The van der Waals surface area contributed by atoms with Crippen molar-refractivity contribution >= 4 is 15.9 Å². The summed E-state index contributed by atoms with van der Waals surface area (Å²) < 4.78 is 36.9. The predicted molar refractivity (Wildman–Crippen MR) is 85.9 cm³/mol. The molecule has 128 valence electrons. The first-order valence-corrected chi connectivity index (χ1v) is 9.03. The number of rotatable bonds is 8. The molecular weight excluding hydrogens is 320 g/mol. The second-order valence-corrected chi connectivity index (χ2v) is 8.02. The minimum Gasteiger partial charge on any atom is -0.490 e. The number of sulfonamides is 1. The van der Waals surface area contributed by atoms with E-state index in [0.717, 1.165) is 17.7 Å². The molecule has 2 rings (SSSR count). The molecule has 0 radical (unpaired) electrons. The first-order chi connectivity index (χ1) is 10.7. The number of nitrogens with two attached hydrogens (primary N) is 1. The molecule has 0 atom stereocenters. The Morgan fingerprint density at radius 1 is 1.43 bits per heavy atom. The van der Waals surface area contributed by atoms with Crippen molar-refractivity contribution in [1.29, 1.82) is 0 Å². The van der Waals surface area contributed by atoms with Crippen LogP contribution < -0.4 is 19.9 Å². The Kier molecular flexibility index (Phi) is 5.16. The predicted octanol–water partition coefficient (Wildman–Crippen LogP) is 0.574. The van der Waals surface area contributed by atoms with E-state index < -0.39 is 22.5 Å². The Balaban J connectivity index is 1.85. The maximum atomic E-state index is 11.6. The molecule has 0 fully saturated rings. The molecule has 8 heteroatoms. The lowest BCUT2D eigenvalue weighted by Crippen LogP contribution is -2.35. The maximum Gasteiger partial charge on any atom is 0.232 e. The van der Waals surface area contributed by atoms with Crippen LogP contribution in [-0.4, -0.2) is 38.8 Å². The molecule has 3 N–H and O–H groups in total. The fourth-order valence-corrected chi connectivity index (χ4v) is 3.39. The van der Waals surface area contributed by atoms with Crippen molar-refractivity contribution in [3.63, 3.8) is 0 Å². The Labute approximate surface area is 136 Å². The standard InChI is InChI=1S/C15H22N2O5S/c1-15(2)9-11-5-3-6-12(14(11)22-15)21-7-4-8-23(19,20)17-10-13(16)18/h3,5-6,17H,4,7-10H2,1-2H3,(H2,16,18). The third-order valence-corrected chi connectivity index (χ3v) is 4.75. The zero-order valence-electron chi connectivity index (χ0n) is 13.3. The molecule has 0 saturated heterocycles. The van der Waals surface area contributed by atoms with E-state index in [0.29, 0.717) is 12.2 Å². The number of primary amides is 1. The van der Waals surface area contributed by atoms with Crippen LogP contribution in [0.4, 0.5) is 0 Å². The SMILES string of the molecule is CC1(C)Cc2cccc(OCCCS(=O)(=O)NCC(N)=O)c2O1. The van der Waals surface area contributed by atoms with Crippen molar-refractivity contribution in [1.82, 2.24) is 4.72 Å². The highest BCUT2D eigenvalue weighted by Crippen LogP contribution is 2.41. The summed E-state index contributed by atoms with van der Waals surface area (Å²) in [5.74, 6) is 0.494. The van der Waals surface area contributed by atoms with Gasteiger partial charge in [-0.15, -0.1) is 0 Å². The normalized spacial score (nSPS) is 15.7. The van der Waals surface area contributed by atoms with Gasteiger partial charge in [-0.25, -0.2) is 13.1 Å². The third kappa shape index (κ3) is 5.11. The van der Waals surface area contributed by atoms with E-state index in [9.17, 15) is 13.2 Å². The first kappa shape index (κ1) is 17.6. The topological polar surface area (TPSA) is 108 Å². The number of para-hydroxylation sites is 1. The van der Waals surface area contributed by atoms with Crippen LogP contribution >= 0.6 is 0 Å². The molecular formula is C15H22N2O5S. The summed E-state index contributed by atoms with van der Waals surface area (Å²) in [6.45, 7) is 3.86. The highest BCUT2D eigenvalue weighted by Gasteiger charge is 2.32. The van der Waals surface area contributed by atoms with Crippen LogP contribution in [0.25, 0.3) is 0 Å². The molecule has 1 aromatic rings. The molecule has 1 aromatic carbocycles. The summed E-state index contributed by atoms with van der Waals surface area (Å²) >= 11 is 0. The maximum absolute atomic E-state index is 11.6. The minimum atomic E-state index is -3.52. The molecule has 7 nitrogen and oxygen atoms in total. The van der Waals surface area contributed by atoms with Crippen LogP contribution in [0.2, 0.25) is 0 Å². The highest BCUT2D eigenvalue weighted by atomic mass is 32.2. The summed E-state index contributed by atoms with van der Waals surface area (Å²) in [5, 5.41) is 0. The molecule has 1 aliphatic heterocycles. The van der Waals surface area contributed by atoms with E-state index in [2.05, 4.69) is 4.72 Å². The van der Waals surface area contributed by atoms with Gasteiger partial charge in [-0.05, 0) is 26.3 Å². The van der Waals surface area contributed by atoms with E-state index in [1.54, 1.807) is 6.07 Å². The van der Waals surface area contributed by atoms with E-state index in [1.807, 2.05) is 26.0 Å². The summed E-state index contributed by atoms with van der Waals surface area (Å²) in [6, 6.07) is 5.69. The molecule has 0 bridgehead atoms. The fraction of sp³-hybridized carbons (Fsp3) is 0.533. The van der Waals surface area contributed by atoms with Gasteiger partial charge in [0.05, 0.1) is 18.9 Å². The summed E-state index contributed by atoms with van der Waals surface area (Å²) in [4.78, 5) is 10.6. The van der Waals surface area contributed by atoms with E-state index >= 15 is 0 Å². The van der Waals surface area contributed by atoms with Gasteiger partial charge in [-0.2, -0.15) is 0 Å². The molecule has 0 aliphatic carbocycles. The monoisotopic (exact) mass is 342 g/mol. The van der Waals surface area contributed by atoms with Crippen LogP contribution in [0.1, 0.15) is 25.8 Å². The lowest BCUT2D eigenvalue weighted by Gasteiger charge is -2.18. The van der Waals surface area contributed by atoms with Crippen LogP contribution in [0.15, 0.2) is 18.2 Å². The average Bonchev–Trinajstić information content (AvgIpc) is 2.76. The Morgan fingerprint density at radius 3 is 2.87 bits per heavy atom. The third-order valence-electron chi connectivity index (χ3n) is 3.34. The van der Waals surface area contributed by atoms with Crippen molar-refractivity contribution in [2.24, 2.45) is 5.73 Å². The number of benzene rings is 1. The molecule has 0 saturated carbocycles. The summed E-state index contributed by atoms with van der Waals surface area (Å²) in [5.41, 5.74) is 5.73. The fourth-order valence-electron chi connectivity index (χ4n) is 2.39.